The minimum Gasteiger partial charge on any atom is -0.368 e. The quantitative estimate of drug-likeness (QED) is 0.885. The molecule has 2 aromatic rings. The van der Waals surface area contributed by atoms with Crippen molar-refractivity contribution >= 4 is 11.8 Å². The maximum absolute atomic E-state index is 4.70. The van der Waals surface area contributed by atoms with Gasteiger partial charge in [-0.15, -0.1) is 0 Å². The number of nitrogens with zero attached hydrogens (tertiary/aromatic N) is 4. The Kier molecular flexibility index (Phi) is 4.79. The fourth-order valence-electron chi connectivity index (χ4n) is 3.08. The van der Waals surface area contributed by atoms with E-state index in [0.717, 1.165) is 17.1 Å². The summed E-state index contributed by atoms with van der Waals surface area (Å²) < 4.78 is 1.85. The van der Waals surface area contributed by atoms with E-state index in [4.69, 9.17) is 4.98 Å². The summed E-state index contributed by atoms with van der Waals surface area (Å²) >= 11 is 0. The van der Waals surface area contributed by atoms with Crippen molar-refractivity contribution in [2.75, 3.05) is 10.6 Å². The van der Waals surface area contributed by atoms with Gasteiger partial charge in [-0.05, 0) is 32.8 Å². The van der Waals surface area contributed by atoms with Crippen LogP contribution in [0.25, 0.3) is 11.3 Å². The van der Waals surface area contributed by atoms with Crippen molar-refractivity contribution in [2.24, 2.45) is 7.05 Å². The molecule has 0 bridgehead atoms. The number of anilines is 2. The third-order valence-electron chi connectivity index (χ3n) is 4.23. The van der Waals surface area contributed by atoms with Gasteiger partial charge >= 0.3 is 0 Å². The Morgan fingerprint density at radius 2 is 2.00 bits per heavy atom. The molecule has 0 unspecified atom stereocenters. The number of nitrogens with one attached hydrogen (secondary N) is 2. The van der Waals surface area contributed by atoms with Gasteiger partial charge in [0.15, 0.2) is 0 Å². The number of hydrogen-bond donors (Lipinski definition) is 2. The second-order valence-electron chi connectivity index (χ2n) is 6.57. The summed E-state index contributed by atoms with van der Waals surface area (Å²) in [4.78, 5) is 9.09. The second kappa shape index (κ2) is 6.98. The lowest BCUT2D eigenvalue weighted by Gasteiger charge is -2.22. The molecule has 0 aliphatic heterocycles. The van der Waals surface area contributed by atoms with Crippen LogP contribution in [0.5, 0.6) is 0 Å². The van der Waals surface area contributed by atoms with Gasteiger partial charge in [0, 0.05) is 25.3 Å². The molecule has 0 aromatic carbocycles. The maximum Gasteiger partial charge on any atom is 0.223 e. The molecule has 1 aliphatic rings. The normalized spacial score (nSPS) is 15.8. The first-order valence-corrected chi connectivity index (χ1v) is 8.52. The van der Waals surface area contributed by atoms with Gasteiger partial charge in [0.1, 0.15) is 5.82 Å². The molecule has 6 heteroatoms. The Bertz CT molecular complexity index is 642. The van der Waals surface area contributed by atoms with E-state index in [1.165, 1.54) is 32.1 Å². The van der Waals surface area contributed by atoms with Crippen molar-refractivity contribution in [1.29, 1.82) is 0 Å². The lowest BCUT2D eigenvalue weighted by Crippen LogP contribution is -2.23. The van der Waals surface area contributed by atoms with E-state index in [9.17, 15) is 0 Å². The van der Waals surface area contributed by atoms with Crippen LogP contribution in [0, 0.1) is 0 Å². The summed E-state index contributed by atoms with van der Waals surface area (Å²) in [6.07, 6.45) is 10.0. The maximum atomic E-state index is 4.70. The van der Waals surface area contributed by atoms with Gasteiger partial charge in [0.25, 0.3) is 0 Å². The van der Waals surface area contributed by atoms with Crippen LogP contribution < -0.4 is 10.6 Å². The molecule has 1 fully saturated rings. The zero-order valence-corrected chi connectivity index (χ0v) is 14.2. The molecule has 124 valence electrons. The predicted octanol–water partition coefficient (Wildman–Crippen LogP) is 3.44. The second-order valence-corrected chi connectivity index (χ2v) is 6.57. The Hall–Kier alpha value is -2.11. The van der Waals surface area contributed by atoms with Gasteiger partial charge in [-0.3, -0.25) is 4.68 Å². The van der Waals surface area contributed by atoms with E-state index < -0.39 is 0 Å². The van der Waals surface area contributed by atoms with Crippen LogP contribution in [0.2, 0.25) is 0 Å². The fraction of sp³-hybridized carbons (Fsp3) is 0.588. The SMILES string of the molecule is CC(C)Nc1c(-c2ccnc(NC3CCCCC3)n2)cnn1C. The van der Waals surface area contributed by atoms with Crippen LogP contribution in [0.4, 0.5) is 11.8 Å². The molecule has 0 atom stereocenters. The highest BCUT2D eigenvalue weighted by Gasteiger charge is 2.16. The Labute approximate surface area is 137 Å². The Balaban J connectivity index is 1.82. The van der Waals surface area contributed by atoms with Gasteiger partial charge in [0.2, 0.25) is 5.95 Å². The predicted molar refractivity (Wildman–Crippen MR) is 93.5 cm³/mol. The van der Waals surface area contributed by atoms with Crippen molar-refractivity contribution in [3.63, 3.8) is 0 Å². The summed E-state index contributed by atoms with van der Waals surface area (Å²) in [6, 6.07) is 2.78. The molecule has 2 N–H and O–H groups in total. The third-order valence-corrected chi connectivity index (χ3v) is 4.23. The molecule has 2 heterocycles. The lowest BCUT2D eigenvalue weighted by atomic mass is 9.96. The Morgan fingerprint density at radius 1 is 1.22 bits per heavy atom. The topological polar surface area (TPSA) is 67.7 Å². The molecule has 3 rings (SSSR count). The van der Waals surface area contributed by atoms with Gasteiger partial charge in [-0.2, -0.15) is 5.10 Å². The molecule has 1 saturated carbocycles. The van der Waals surface area contributed by atoms with Crippen molar-refractivity contribution in [1.82, 2.24) is 19.7 Å². The summed E-state index contributed by atoms with van der Waals surface area (Å²) in [6.45, 7) is 4.24. The molecule has 2 aromatic heterocycles. The number of rotatable bonds is 5. The fourth-order valence-corrected chi connectivity index (χ4v) is 3.08. The van der Waals surface area contributed by atoms with Crippen LogP contribution in [0.15, 0.2) is 18.5 Å². The van der Waals surface area contributed by atoms with E-state index >= 15 is 0 Å². The number of aromatic nitrogens is 4. The van der Waals surface area contributed by atoms with Crippen molar-refractivity contribution < 1.29 is 0 Å². The molecule has 23 heavy (non-hydrogen) atoms. The van der Waals surface area contributed by atoms with Gasteiger partial charge in [-0.25, -0.2) is 9.97 Å². The molecular formula is C17H26N6. The zero-order valence-electron chi connectivity index (χ0n) is 14.2. The van der Waals surface area contributed by atoms with Crippen LogP contribution >= 0.6 is 0 Å². The van der Waals surface area contributed by atoms with E-state index in [1.54, 1.807) is 0 Å². The number of hydrogen-bond acceptors (Lipinski definition) is 5. The molecule has 0 spiro atoms. The average Bonchev–Trinajstić information content (AvgIpc) is 2.89. The van der Waals surface area contributed by atoms with Crippen LogP contribution in [-0.2, 0) is 7.05 Å². The Morgan fingerprint density at radius 3 is 2.74 bits per heavy atom. The molecule has 0 amide bonds. The summed E-state index contributed by atoms with van der Waals surface area (Å²) in [5, 5.41) is 11.3. The zero-order chi connectivity index (χ0) is 16.2. The highest BCUT2D eigenvalue weighted by atomic mass is 15.3. The van der Waals surface area contributed by atoms with E-state index in [0.29, 0.717) is 18.0 Å². The van der Waals surface area contributed by atoms with Crippen LogP contribution in [0.3, 0.4) is 0 Å². The van der Waals surface area contributed by atoms with E-state index in [1.807, 2.05) is 30.2 Å². The van der Waals surface area contributed by atoms with Gasteiger partial charge < -0.3 is 10.6 Å². The van der Waals surface area contributed by atoms with Crippen molar-refractivity contribution in [3.8, 4) is 11.3 Å². The van der Waals surface area contributed by atoms with Crippen molar-refractivity contribution in [2.45, 2.75) is 58.0 Å². The first-order valence-electron chi connectivity index (χ1n) is 8.52. The molecular weight excluding hydrogens is 288 g/mol. The molecule has 0 radical (unpaired) electrons. The smallest absolute Gasteiger partial charge is 0.223 e. The first kappa shape index (κ1) is 15.8. The number of aryl methyl sites for hydroxylation is 1. The van der Waals surface area contributed by atoms with Crippen LogP contribution in [0.1, 0.15) is 46.0 Å². The van der Waals surface area contributed by atoms with Crippen molar-refractivity contribution in [3.05, 3.63) is 18.5 Å². The average molecular weight is 314 g/mol. The van der Waals surface area contributed by atoms with Gasteiger partial charge in [-0.1, -0.05) is 19.3 Å². The molecule has 6 nitrogen and oxygen atoms in total. The highest BCUT2D eigenvalue weighted by Crippen LogP contribution is 2.27. The monoisotopic (exact) mass is 314 g/mol. The van der Waals surface area contributed by atoms with Gasteiger partial charge in [0.05, 0.1) is 17.5 Å². The molecule has 0 saturated heterocycles. The minimum absolute atomic E-state index is 0.339. The van der Waals surface area contributed by atoms with E-state index in [-0.39, 0.29) is 0 Å². The third kappa shape index (κ3) is 3.81. The summed E-state index contributed by atoms with van der Waals surface area (Å²) in [5.41, 5.74) is 1.91. The molecule has 1 aliphatic carbocycles. The summed E-state index contributed by atoms with van der Waals surface area (Å²) in [5.74, 6) is 1.70. The van der Waals surface area contributed by atoms with Crippen LogP contribution in [-0.4, -0.2) is 31.8 Å². The standard InChI is InChI=1S/C17H26N6/c1-12(2)20-16-14(11-19-23(16)3)15-9-10-18-17(22-15)21-13-7-5-4-6-8-13/h9-13,20H,4-8H2,1-3H3,(H,18,21,22). The minimum atomic E-state index is 0.339. The summed E-state index contributed by atoms with van der Waals surface area (Å²) in [7, 11) is 1.94. The first-order chi connectivity index (χ1) is 11.1. The largest absolute Gasteiger partial charge is 0.368 e. The highest BCUT2D eigenvalue weighted by molar-refractivity contribution is 5.72. The lowest BCUT2D eigenvalue weighted by molar-refractivity contribution is 0.461. The van der Waals surface area contributed by atoms with E-state index in [2.05, 4.69) is 34.6 Å².